The standard InChI is InChI=1S/C18H16ClF4NO2.C2H6/c1-10(8-19)9-26-16-11(2)7-14(17(25)18(21,22)23)24-15(16)12-3-5-13(20)6-4-12;1-2/h3-7,17,25H,1,8-9H2,2H3;1-2H3. The van der Waals surface area contributed by atoms with Crippen molar-refractivity contribution in [2.75, 3.05) is 12.5 Å². The number of alkyl halides is 4. The number of hydrogen-bond acceptors (Lipinski definition) is 3. The van der Waals surface area contributed by atoms with Crippen LogP contribution in [0, 0.1) is 12.7 Å². The second kappa shape index (κ2) is 10.4. The van der Waals surface area contributed by atoms with Gasteiger partial charge in [-0.2, -0.15) is 13.2 Å². The highest BCUT2D eigenvalue weighted by molar-refractivity contribution is 6.19. The average Bonchev–Trinajstić information content (AvgIpc) is 2.67. The number of nitrogens with zero attached hydrogens (tertiary/aromatic N) is 1. The molecule has 0 saturated carbocycles. The molecule has 0 saturated heterocycles. The van der Waals surface area contributed by atoms with Gasteiger partial charge in [-0.05, 0) is 48.4 Å². The summed E-state index contributed by atoms with van der Waals surface area (Å²) in [5, 5.41) is 9.52. The molecule has 28 heavy (non-hydrogen) atoms. The second-order valence-corrected chi connectivity index (χ2v) is 5.93. The van der Waals surface area contributed by atoms with E-state index in [2.05, 4.69) is 11.6 Å². The molecule has 1 aromatic carbocycles. The Kier molecular flexibility index (Phi) is 8.91. The molecule has 2 rings (SSSR count). The van der Waals surface area contributed by atoms with E-state index in [-0.39, 0.29) is 23.9 Å². The molecule has 154 valence electrons. The van der Waals surface area contributed by atoms with Crippen molar-refractivity contribution < 1.29 is 27.4 Å². The SMILES string of the molecule is C=C(CCl)COc1c(C)cc(C(O)C(F)(F)F)nc1-c1ccc(F)cc1.CC. The third-order valence-corrected chi connectivity index (χ3v) is 3.87. The number of hydrogen-bond donors (Lipinski definition) is 1. The summed E-state index contributed by atoms with van der Waals surface area (Å²) >= 11 is 5.65. The topological polar surface area (TPSA) is 42.4 Å². The molecule has 1 N–H and O–H groups in total. The van der Waals surface area contributed by atoms with E-state index in [0.717, 1.165) is 18.2 Å². The van der Waals surface area contributed by atoms with Crippen LogP contribution in [0.2, 0.25) is 0 Å². The van der Waals surface area contributed by atoms with E-state index in [0.29, 0.717) is 16.7 Å². The summed E-state index contributed by atoms with van der Waals surface area (Å²) in [6.45, 7) is 9.27. The lowest BCUT2D eigenvalue weighted by Gasteiger charge is -2.19. The summed E-state index contributed by atoms with van der Waals surface area (Å²) in [4.78, 5) is 3.92. The fraction of sp³-hybridized carbons (Fsp3) is 0.350. The Bertz CT molecular complexity index is 792. The highest BCUT2D eigenvalue weighted by Crippen LogP contribution is 2.37. The van der Waals surface area contributed by atoms with Gasteiger partial charge in [-0.1, -0.05) is 20.4 Å². The molecule has 0 spiro atoms. The van der Waals surface area contributed by atoms with Gasteiger partial charge in [-0.15, -0.1) is 11.6 Å². The van der Waals surface area contributed by atoms with Crippen molar-refractivity contribution in [1.82, 2.24) is 4.98 Å². The normalized spacial score (nSPS) is 12.0. The van der Waals surface area contributed by atoms with E-state index in [1.165, 1.54) is 19.1 Å². The molecule has 1 atom stereocenters. The third kappa shape index (κ3) is 6.21. The van der Waals surface area contributed by atoms with Crippen LogP contribution in [0.5, 0.6) is 5.75 Å². The number of aryl methyl sites for hydroxylation is 1. The van der Waals surface area contributed by atoms with Gasteiger partial charge in [-0.3, -0.25) is 0 Å². The molecule has 0 bridgehead atoms. The van der Waals surface area contributed by atoms with Crippen molar-refractivity contribution in [3.05, 3.63) is 59.6 Å². The van der Waals surface area contributed by atoms with Crippen molar-refractivity contribution in [3.63, 3.8) is 0 Å². The minimum atomic E-state index is -4.87. The van der Waals surface area contributed by atoms with E-state index in [1.807, 2.05) is 13.8 Å². The van der Waals surface area contributed by atoms with Gasteiger partial charge in [0.1, 0.15) is 23.9 Å². The summed E-state index contributed by atoms with van der Waals surface area (Å²) in [5.74, 6) is -0.139. The summed E-state index contributed by atoms with van der Waals surface area (Å²) in [5.41, 5.74) is 0.733. The molecule has 0 radical (unpaired) electrons. The van der Waals surface area contributed by atoms with E-state index in [9.17, 15) is 22.7 Å². The maximum Gasteiger partial charge on any atom is 0.420 e. The number of aliphatic hydroxyl groups excluding tert-OH is 1. The van der Waals surface area contributed by atoms with Crippen molar-refractivity contribution >= 4 is 11.6 Å². The van der Waals surface area contributed by atoms with E-state index < -0.39 is 23.8 Å². The summed E-state index contributed by atoms with van der Waals surface area (Å²) < 4.78 is 57.4. The number of aliphatic hydroxyl groups is 1. The lowest BCUT2D eigenvalue weighted by atomic mass is 10.0. The molecule has 0 aliphatic rings. The first-order valence-corrected chi connectivity index (χ1v) is 9.04. The number of ether oxygens (including phenoxy) is 1. The molecule has 1 aromatic heterocycles. The Balaban J connectivity index is 0.00000190. The van der Waals surface area contributed by atoms with Gasteiger partial charge in [0, 0.05) is 11.4 Å². The first-order valence-electron chi connectivity index (χ1n) is 8.51. The highest BCUT2D eigenvalue weighted by atomic mass is 35.5. The van der Waals surface area contributed by atoms with Gasteiger partial charge in [0.15, 0.2) is 6.10 Å². The minimum Gasteiger partial charge on any atom is -0.487 e. The van der Waals surface area contributed by atoms with Crippen LogP contribution in [0.1, 0.15) is 31.2 Å². The number of halogens is 5. The first kappa shape index (κ1) is 23.9. The van der Waals surface area contributed by atoms with Crippen LogP contribution >= 0.6 is 11.6 Å². The number of pyridine rings is 1. The molecule has 3 nitrogen and oxygen atoms in total. The van der Waals surface area contributed by atoms with Crippen LogP contribution in [-0.2, 0) is 0 Å². The molecule has 0 aliphatic heterocycles. The Morgan fingerprint density at radius 1 is 1.25 bits per heavy atom. The Labute approximate surface area is 166 Å². The summed E-state index contributed by atoms with van der Waals surface area (Å²) in [7, 11) is 0. The lowest BCUT2D eigenvalue weighted by molar-refractivity contribution is -0.207. The van der Waals surface area contributed by atoms with Crippen molar-refractivity contribution in [2.24, 2.45) is 0 Å². The van der Waals surface area contributed by atoms with Crippen molar-refractivity contribution in [2.45, 2.75) is 33.1 Å². The van der Waals surface area contributed by atoms with E-state index in [1.54, 1.807) is 0 Å². The van der Waals surface area contributed by atoms with Crippen LogP contribution in [0.4, 0.5) is 17.6 Å². The van der Waals surface area contributed by atoms with Gasteiger partial charge < -0.3 is 9.84 Å². The molecule has 0 aliphatic carbocycles. The minimum absolute atomic E-state index is 0.0430. The van der Waals surface area contributed by atoms with Gasteiger partial charge in [0.25, 0.3) is 0 Å². The maximum atomic E-state index is 13.2. The maximum absolute atomic E-state index is 13.2. The zero-order chi connectivity index (χ0) is 21.5. The smallest absolute Gasteiger partial charge is 0.420 e. The number of aromatic nitrogens is 1. The molecule has 2 aromatic rings. The molecule has 1 unspecified atom stereocenters. The average molecular weight is 420 g/mol. The summed E-state index contributed by atoms with van der Waals surface area (Å²) in [6.07, 6.45) is -7.61. The van der Waals surface area contributed by atoms with Crippen LogP contribution in [0.15, 0.2) is 42.5 Å². The second-order valence-electron chi connectivity index (χ2n) is 5.67. The van der Waals surface area contributed by atoms with E-state index >= 15 is 0 Å². The van der Waals surface area contributed by atoms with Gasteiger partial charge in [-0.25, -0.2) is 9.37 Å². The largest absolute Gasteiger partial charge is 0.487 e. The van der Waals surface area contributed by atoms with Crippen LogP contribution in [-0.4, -0.2) is 28.8 Å². The lowest BCUT2D eigenvalue weighted by Crippen LogP contribution is -2.21. The molecular formula is C20H22ClF4NO2. The van der Waals surface area contributed by atoms with Crippen LogP contribution in [0.25, 0.3) is 11.3 Å². The predicted octanol–water partition coefficient (Wildman–Crippen LogP) is 5.99. The predicted molar refractivity (Wildman–Crippen MR) is 102 cm³/mol. The fourth-order valence-corrected chi connectivity index (χ4v) is 2.27. The Morgan fingerprint density at radius 3 is 2.32 bits per heavy atom. The Morgan fingerprint density at radius 2 is 1.82 bits per heavy atom. The van der Waals surface area contributed by atoms with Crippen LogP contribution < -0.4 is 4.74 Å². The first-order chi connectivity index (χ1) is 13.1. The summed E-state index contributed by atoms with van der Waals surface area (Å²) in [6, 6.07) is 6.14. The quantitative estimate of drug-likeness (QED) is 0.355. The molecule has 0 fully saturated rings. The van der Waals surface area contributed by atoms with Crippen LogP contribution in [0.3, 0.4) is 0 Å². The number of rotatable bonds is 6. The highest BCUT2D eigenvalue weighted by Gasteiger charge is 2.41. The zero-order valence-electron chi connectivity index (χ0n) is 15.8. The number of benzene rings is 1. The fourth-order valence-electron chi connectivity index (χ4n) is 2.19. The van der Waals surface area contributed by atoms with E-state index in [4.69, 9.17) is 16.3 Å². The molecular weight excluding hydrogens is 398 g/mol. The van der Waals surface area contributed by atoms with Crippen molar-refractivity contribution in [1.29, 1.82) is 0 Å². The van der Waals surface area contributed by atoms with Gasteiger partial charge >= 0.3 is 6.18 Å². The molecule has 8 heteroatoms. The Hall–Kier alpha value is -2.12. The molecule has 1 heterocycles. The van der Waals surface area contributed by atoms with Gasteiger partial charge in [0.2, 0.25) is 0 Å². The van der Waals surface area contributed by atoms with Gasteiger partial charge in [0.05, 0.1) is 5.69 Å². The molecule has 0 amide bonds. The van der Waals surface area contributed by atoms with Crippen molar-refractivity contribution in [3.8, 4) is 17.0 Å². The third-order valence-electron chi connectivity index (χ3n) is 3.50. The monoisotopic (exact) mass is 419 g/mol. The zero-order valence-corrected chi connectivity index (χ0v) is 16.5.